The van der Waals surface area contributed by atoms with E-state index < -0.39 is 17.5 Å². The number of alkyl carbamates (subject to hydrolysis) is 1. The largest absolute Gasteiger partial charge is 0.480 e. The zero-order chi connectivity index (χ0) is 24.3. The Balaban J connectivity index is 1.36. The van der Waals surface area contributed by atoms with Gasteiger partial charge in [-0.25, -0.2) is 4.79 Å². The molecule has 2 aromatic carbocycles. The zero-order valence-corrected chi connectivity index (χ0v) is 19.8. The lowest BCUT2D eigenvalue weighted by atomic mass is 9.90. The molecular formula is C27H32N2O5. The van der Waals surface area contributed by atoms with Gasteiger partial charge < -0.3 is 20.1 Å². The molecule has 2 amide bonds. The molecule has 0 saturated heterocycles. The van der Waals surface area contributed by atoms with Gasteiger partial charge in [-0.2, -0.15) is 0 Å². The number of hydrogen-bond donors (Lipinski definition) is 2. The molecule has 2 N–H and O–H groups in total. The third-order valence-corrected chi connectivity index (χ3v) is 6.93. The molecule has 0 bridgehead atoms. The summed E-state index contributed by atoms with van der Waals surface area (Å²) in [5.41, 5.74) is 3.62. The molecule has 0 heterocycles. The number of fused-ring (bicyclic) bond motifs is 3. The molecular weight excluding hydrogens is 432 g/mol. The number of amides is 2. The maximum Gasteiger partial charge on any atom is 0.407 e. The van der Waals surface area contributed by atoms with Crippen molar-refractivity contribution in [3.05, 3.63) is 59.7 Å². The van der Waals surface area contributed by atoms with Crippen LogP contribution in [-0.2, 0) is 14.3 Å². The molecule has 7 heteroatoms. The van der Waals surface area contributed by atoms with Gasteiger partial charge in [-0.3, -0.25) is 9.59 Å². The Kier molecular flexibility index (Phi) is 6.91. The van der Waals surface area contributed by atoms with Gasteiger partial charge in [0, 0.05) is 18.5 Å². The highest BCUT2D eigenvalue weighted by Crippen LogP contribution is 2.44. The van der Waals surface area contributed by atoms with Crippen molar-refractivity contribution in [1.29, 1.82) is 0 Å². The average Bonchev–Trinajstić information content (AvgIpc) is 3.46. The summed E-state index contributed by atoms with van der Waals surface area (Å²) in [6.45, 7) is 3.39. The molecule has 0 aliphatic heterocycles. The topological polar surface area (TPSA) is 95.9 Å². The molecule has 0 aromatic heterocycles. The fraction of sp³-hybridized carbons (Fsp3) is 0.444. The van der Waals surface area contributed by atoms with E-state index in [-0.39, 0.29) is 37.6 Å². The number of benzene rings is 2. The van der Waals surface area contributed by atoms with Crippen molar-refractivity contribution in [3.8, 4) is 11.1 Å². The quantitative estimate of drug-likeness (QED) is 0.603. The SMILES string of the molecule is CC(C)(CNC(=O)OCC1c2ccccc2-c2ccccc21)C(=O)N(CC(=O)O)C1CCCC1. The third kappa shape index (κ3) is 4.93. The van der Waals surface area contributed by atoms with Crippen LogP contribution in [0.25, 0.3) is 11.1 Å². The Bertz CT molecular complexity index is 1030. The summed E-state index contributed by atoms with van der Waals surface area (Å²) in [4.78, 5) is 38.6. The first-order valence-electron chi connectivity index (χ1n) is 11.9. The van der Waals surface area contributed by atoms with Crippen LogP contribution in [0.3, 0.4) is 0 Å². The van der Waals surface area contributed by atoms with Crippen LogP contribution in [-0.4, -0.2) is 53.7 Å². The molecule has 1 fully saturated rings. The summed E-state index contributed by atoms with van der Waals surface area (Å²) in [7, 11) is 0. The summed E-state index contributed by atoms with van der Waals surface area (Å²) in [5, 5.41) is 12.0. The molecule has 2 aliphatic carbocycles. The first-order chi connectivity index (χ1) is 16.3. The highest BCUT2D eigenvalue weighted by atomic mass is 16.5. The molecule has 180 valence electrons. The average molecular weight is 465 g/mol. The molecule has 4 rings (SSSR count). The van der Waals surface area contributed by atoms with Crippen molar-refractivity contribution >= 4 is 18.0 Å². The number of rotatable bonds is 8. The van der Waals surface area contributed by atoms with Crippen molar-refractivity contribution in [2.24, 2.45) is 5.41 Å². The standard InChI is InChI=1S/C27H32N2O5/c1-27(2,25(32)29(15-24(30)31)18-9-3-4-10-18)17-28-26(33)34-16-23-21-13-7-5-11-19(21)20-12-6-8-14-22(20)23/h5-8,11-14,18,23H,3-4,9-10,15-17H2,1-2H3,(H,28,33)(H,30,31). The van der Waals surface area contributed by atoms with Crippen molar-refractivity contribution in [3.63, 3.8) is 0 Å². The van der Waals surface area contributed by atoms with E-state index in [1.165, 1.54) is 4.90 Å². The Labute approximate surface area is 200 Å². The number of carboxylic acids is 1. The Morgan fingerprint density at radius 1 is 1.00 bits per heavy atom. The number of carbonyl (C=O) groups excluding carboxylic acids is 2. The van der Waals surface area contributed by atoms with Crippen LogP contribution < -0.4 is 5.32 Å². The number of nitrogens with zero attached hydrogens (tertiary/aromatic N) is 1. The summed E-state index contributed by atoms with van der Waals surface area (Å²) >= 11 is 0. The Morgan fingerprint density at radius 3 is 2.12 bits per heavy atom. The van der Waals surface area contributed by atoms with E-state index in [0.717, 1.165) is 47.9 Å². The van der Waals surface area contributed by atoms with E-state index >= 15 is 0 Å². The number of hydrogen-bond acceptors (Lipinski definition) is 4. The molecule has 0 spiro atoms. The van der Waals surface area contributed by atoms with Crippen LogP contribution in [0.4, 0.5) is 4.79 Å². The lowest BCUT2D eigenvalue weighted by molar-refractivity contribution is -0.150. The second kappa shape index (κ2) is 9.87. The summed E-state index contributed by atoms with van der Waals surface area (Å²) in [6, 6.07) is 16.2. The van der Waals surface area contributed by atoms with Crippen LogP contribution in [0.1, 0.15) is 56.6 Å². The second-order valence-corrected chi connectivity index (χ2v) is 9.83. The van der Waals surface area contributed by atoms with E-state index in [1.54, 1.807) is 13.8 Å². The smallest absolute Gasteiger partial charge is 0.407 e. The molecule has 7 nitrogen and oxygen atoms in total. The van der Waals surface area contributed by atoms with Crippen LogP contribution in [0.5, 0.6) is 0 Å². The Hall–Kier alpha value is -3.35. The van der Waals surface area contributed by atoms with E-state index in [2.05, 4.69) is 29.6 Å². The molecule has 1 saturated carbocycles. The second-order valence-electron chi connectivity index (χ2n) is 9.83. The third-order valence-electron chi connectivity index (χ3n) is 6.93. The van der Waals surface area contributed by atoms with Crippen molar-refractivity contribution < 1.29 is 24.2 Å². The number of carboxylic acid groups (broad SMARTS) is 1. The lowest BCUT2D eigenvalue weighted by Gasteiger charge is -2.35. The number of carbonyl (C=O) groups is 3. The fourth-order valence-electron chi connectivity index (χ4n) is 5.14. The van der Waals surface area contributed by atoms with Crippen LogP contribution in [0.2, 0.25) is 0 Å². The fourth-order valence-corrected chi connectivity index (χ4v) is 5.14. The minimum Gasteiger partial charge on any atom is -0.480 e. The van der Waals surface area contributed by atoms with Crippen LogP contribution in [0.15, 0.2) is 48.5 Å². The predicted octanol–water partition coefficient (Wildman–Crippen LogP) is 4.41. The summed E-state index contributed by atoms with van der Waals surface area (Å²) in [6.07, 6.45) is 3.02. The number of ether oxygens (including phenoxy) is 1. The number of aliphatic carboxylic acids is 1. The van der Waals surface area contributed by atoms with Gasteiger partial charge in [-0.15, -0.1) is 0 Å². The molecule has 34 heavy (non-hydrogen) atoms. The monoisotopic (exact) mass is 464 g/mol. The minimum absolute atomic E-state index is 0.0405. The van der Waals surface area contributed by atoms with Gasteiger partial charge in [0.1, 0.15) is 13.2 Å². The van der Waals surface area contributed by atoms with Gasteiger partial charge >= 0.3 is 12.1 Å². The van der Waals surface area contributed by atoms with Crippen LogP contribution in [0, 0.1) is 5.41 Å². The first kappa shape index (κ1) is 23.8. The normalized spacial score (nSPS) is 15.5. The van der Waals surface area contributed by atoms with E-state index in [9.17, 15) is 19.5 Å². The molecule has 0 unspecified atom stereocenters. The summed E-state index contributed by atoms with van der Waals surface area (Å²) in [5.74, 6) is -1.33. The molecule has 2 aromatic rings. The summed E-state index contributed by atoms with van der Waals surface area (Å²) < 4.78 is 5.57. The Morgan fingerprint density at radius 2 is 1.56 bits per heavy atom. The van der Waals surface area contributed by atoms with Gasteiger partial charge in [-0.05, 0) is 48.9 Å². The van der Waals surface area contributed by atoms with Gasteiger partial charge in [0.25, 0.3) is 0 Å². The molecule has 2 aliphatic rings. The minimum atomic E-state index is -1.03. The van der Waals surface area contributed by atoms with Crippen molar-refractivity contribution in [2.75, 3.05) is 19.7 Å². The van der Waals surface area contributed by atoms with Gasteiger partial charge in [0.15, 0.2) is 0 Å². The first-order valence-corrected chi connectivity index (χ1v) is 11.9. The number of nitrogens with one attached hydrogen (secondary N) is 1. The molecule has 0 atom stereocenters. The van der Waals surface area contributed by atoms with Crippen molar-refractivity contribution in [1.82, 2.24) is 10.2 Å². The zero-order valence-electron chi connectivity index (χ0n) is 19.8. The maximum atomic E-state index is 13.2. The van der Waals surface area contributed by atoms with Gasteiger partial charge in [-0.1, -0.05) is 61.4 Å². The van der Waals surface area contributed by atoms with Crippen molar-refractivity contribution in [2.45, 2.75) is 51.5 Å². The van der Waals surface area contributed by atoms with Crippen LogP contribution >= 0.6 is 0 Å². The van der Waals surface area contributed by atoms with E-state index in [1.807, 2.05) is 24.3 Å². The highest BCUT2D eigenvalue weighted by molar-refractivity contribution is 5.86. The van der Waals surface area contributed by atoms with E-state index in [0.29, 0.717) is 0 Å². The highest BCUT2D eigenvalue weighted by Gasteiger charge is 2.38. The van der Waals surface area contributed by atoms with Gasteiger partial charge in [0.2, 0.25) is 5.91 Å². The van der Waals surface area contributed by atoms with Gasteiger partial charge in [0.05, 0.1) is 5.41 Å². The molecule has 0 radical (unpaired) electrons. The van der Waals surface area contributed by atoms with E-state index in [4.69, 9.17) is 4.74 Å². The predicted molar refractivity (Wildman–Crippen MR) is 128 cm³/mol. The maximum absolute atomic E-state index is 13.2. The lowest BCUT2D eigenvalue weighted by Crippen LogP contribution is -2.51.